The normalized spacial score (nSPS) is 30.7. The van der Waals surface area contributed by atoms with Gasteiger partial charge >= 0.3 is 0 Å². The van der Waals surface area contributed by atoms with Crippen molar-refractivity contribution in [2.24, 2.45) is 0 Å². The van der Waals surface area contributed by atoms with Crippen molar-refractivity contribution in [1.29, 1.82) is 0 Å². The zero-order chi connectivity index (χ0) is 12.7. The Labute approximate surface area is 106 Å². The maximum Gasteiger partial charge on any atom is 0.105 e. The van der Waals surface area contributed by atoms with E-state index in [0.29, 0.717) is 19.2 Å². The van der Waals surface area contributed by atoms with Gasteiger partial charge in [-0.2, -0.15) is 0 Å². The fourth-order valence-corrected chi connectivity index (χ4v) is 2.33. The minimum Gasteiger partial charge on any atom is -0.386 e. The van der Waals surface area contributed by atoms with Crippen molar-refractivity contribution in [2.75, 3.05) is 13.2 Å². The molecule has 17 heavy (non-hydrogen) atoms. The van der Waals surface area contributed by atoms with E-state index in [1.54, 1.807) is 0 Å². The molecule has 0 saturated carbocycles. The molecule has 1 aliphatic heterocycles. The molecule has 1 fully saturated rings. The highest BCUT2D eigenvalue weighted by Gasteiger charge is 2.39. The fraction of sp³-hybridized carbons (Fsp3) is 1.00. The molecular formula is C14H29NO2. The molecule has 0 amide bonds. The summed E-state index contributed by atoms with van der Waals surface area (Å²) in [7, 11) is 0. The van der Waals surface area contributed by atoms with Crippen LogP contribution in [0.4, 0.5) is 0 Å². The van der Waals surface area contributed by atoms with Gasteiger partial charge in [0.05, 0.1) is 6.10 Å². The summed E-state index contributed by atoms with van der Waals surface area (Å²) in [6.45, 7) is 7.74. The molecule has 1 aliphatic rings. The van der Waals surface area contributed by atoms with Crippen LogP contribution < -0.4 is 5.32 Å². The van der Waals surface area contributed by atoms with Gasteiger partial charge < -0.3 is 15.2 Å². The van der Waals surface area contributed by atoms with Gasteiger partial charge in [0.15, 0.2) is 0 Å². The van der Waals surface area contributed by atoms with Crippen LogP contribution in [0, 0.1) is 0 Å². The molecule has 1 heterocycles. The number of unbranched alkanes of at least 4 members (excludes halogenated alkanes) is 3. The lowest BCUT2D eigenvalue weighted by Gasteiger charge is -2.28. The summed E-state index contributed by atoms with van der Waals surface area (Å²) in [5.74, 6) is 0. The predicted octanol–water partition coefficient (Wildman–Crippen LogP) is 2.47. The van der Waals surface area contributed by atoms with E-state index in [1.807, 2.05) is 6.92 Å². The smallest absolute Gasteiger partial charge is 0.105 e. The summed E-state index contributed by atoms with van der Waals surface area (Å²) in [5.41, 5.74) is -0.655. The second-order valence-electron chi connectivity index (χ2n) is 5.50. The second kappa shape index (κ2) is 7.34. The molecular weight excluding hydrogens is 214 g/mol. The Bertz CT molecular complexity index is 210. The Balaban J connectivity index is 2.12. The molecule has 0 bridgehead atoms. The van der Waals surface area contributed by atoms with Gasteiger partial charge in [0.1, 0.15) is 5.60 Å². The Kier molecular flexibility index (Phi) is 6.45. The van der Waals surface area contributed by atoms with E-state index in [1.165, 1.54) is 32.1 Å². The van der Waals surface area contributed by atoms with Gasteiger partial charge in [0.25, 0.3) is 0 Å². The van der Waals surface area contributed by atoms with Crippen LogP contribution in [0.15, 0.2) is 0 Å². The molecule has 3 nitrogen and oxygen atoms in total. The van der Waals surface area contributed by atoms with Gasteiger partial charge in [-0.15, -0.1) is 0 Å². The standard InChI is InChI=1S/C14H29NO2/c1-4-5-6-7-8-12(2)15-11-14(16)9-10-17-13(14)3/h12-13,15-16H,4-11H2,1-3H3. The van der Waals surface area contributed by atoms with Crippen molar-refractivity contribution < 1.29 is 9.84 Å². The van der Waals surface area contributed by atoms with Crippen molar-refractivity contribution in [3.05, 3.63) is 0 Å². The molecule has 0 aliphatic carbocycles. The number of nitrogens with one attached hydrogen (secondary N) is 1. The van der Waals surface area contributed by atoms with Gasteiger partial charge in [-0.25, -0.2) is 0 Å². The Morgan fingerprint density at radius 3 is 2.76 bits per heavy atom. The molecule has 0 aromatic carbocycles. The van der Waals surface area contributed by atoms with Crippen molar-refractivity contribution >= 4 is 0 Å². The maximum atomic E-state index is 10.3. The minimum atomic E-state index is -0.655. The zero-order valence-electron chi connectivity index (χ0n) is 11.7. The first kappa shape index (κ1) is 14.9. The van der Waals surface area contributed by atoms with Crippen molar-refractivity contribution in [2.45, 2.75) is 77.0 Å². The molecule has 0 aromatic heterocycles. The molecule has 0 radical (unpaired) electrons. The molecule has 3 heteroatoms. The monoisotopic (exact) mass is 243 g/mol. The van der Waals surface area contributed by atoms with E-state index >= 15 is 0 Å². The average molecular weight is 243 g/mol. The largest absolute Gasteiger partial charge is 0.386 e. The van der Waals surface area contributed by atoms with E-state index in [-0.39, 0.29) is 6.10 Å². The molecule has 3 atom stereocenters. The summed E-state index contributed by atoms with van der Waals surface area (Å²) in [6.07, 6.45) is 7.15. The first-order valence-corrected chi connectivity index (χ1v) is 7.16. The van der Waals surface area contributed by atoms with Crippen LogP contribution in [-0.2, 0) is 4.74 Å². The third-order valence-electron chi connectivity index (χ3n) is 3.91. The fourth-order valence-electron chi connectivity index (χ4n) is 2.33. The average Bonchev–Trinajstić information content (AvgIpc) is 2.63. The lowest BCUT2D eigenvalue weighted by Crippen LogP contribution is -2.48. The molecule has 1 saturated heterocycles. The van der Waals surface area contributed by atoms with Crippen LogP contribution in [0.2, 0.25) is 0 Å². The van der Waals surface area contributed by atoms with Gasteiger partial charge in [0.2, 0.25) is 0 Å². The number of hydrogen-bond acceptors (Lipinski definition) is 3. The summed E-state index contributed by atoms with van der Waals surface area (Å²) < 4.78 is 5.42. The van der Waals surface area contributed by atoms with Crippen LogP contribution in [-0.4, -0.2) is 36.0 Å². The highest BCUT2D eigenvalue weighted by molar-refractivity contribution is 4.92. The minimum absolute atomic E-state index is 0.0395. The van der Waals surface area contributed by atoms with Crippen LogP contribution >= 0.6 is 0 Å². The topological polar surface area (TPSA) is 41.5 Å². The third-order valence-corrected chi connectivity index (χ3v) is 3.91. The number of aliphatic hydroxyl groups is 1. The Morgan fingerprint density at radius 1 is 1.41 bits per heavy atom. The Morgan fingerprint density at radius 2 is 2.18 bits per heavy atom. The van der Waals surface area contributed by atoms with E-state index in [2.05, 4.69) is 19.2 Å². The second-order valence-corrected chi connectivity index (χ2v) is 5.50. The highest BCUT2D eigenvalue weighted by Crippen LogP contribution is 2.24. The number of hydrogen-bond donors (Lipinski definition) is 2. The van der Waals surface area contributed by atoms with Gasteiger partial charge in [-0.3, -0.25) is 0 Å². The molecule has 2 N–H and O–H groups in total. The molecule has 0 aromatic rings. The Hall–Kier alpha value is -0.120. The molecule has 102 valence electrons. The lowest BCUT2D eigenvalue weighted by molar-refractivity contribution is -0.0275. The SMILES string of the molecule is CCCCCCC(C)NCC1(O)CCOC1C. The summed E-state index contributed by atoms with van der Waals surface area (Å²) in [4.78, 5) is 0. The summed E-state index contributed by atoms with van der Waals surface area (Å²) in [5, 5.41) is 13.8. The van der Waals surface area contributed by atoms with E-state index in [4.69, 9.17) is 4.74 Å². The first-order chi connectivity index (χ1) is 8.08. The number of rotatable bonds is 8. The quantitative estimate of drug-likeness (QED) is 0.644. The number of ether oxygens (including phenoxy) is 1. The highest BCUT2D eigenvalue weighted by atomic mass is 16.5. The predicted molar refractivity (Wildman–Crippen MR) is 71.2 cm³/mol. The summed E-state index contributed by atoms with van der Waals surface area (Å²) in [6, 6.07) is 0.490. The maximum absolute atomic E-state index is 10.3. The van der Waals surface area contributed by atoms with Crippen molar-refractivity contribution in [1.82, 2.24) is 5.32 Å². The zero-order valence-corrected chi connectivity index (χ0v) is 11.7. The lowest BCUT2D eigenvalue weighted by atomic mass is 9.96. The van der Waals surface area contributed by atoms with E-state index in [0.717, 1.165) is 6.42 Å². The van der Waals surface area contributed by atoms with Crippen LogP contribution in [0.3, 0.4) is 0 Å². The van der Waals surface area contributed by atoms with E-state index < -0.39 is 5.60 Å². The van der Waals surface area contributed by atoms with E-state index in [9.17, 15) is 5.11 Å². The molecule has 1 rings (SSSR count). The summed E-state index contributed by atoms with van der Waals surface area (Å²) >= 11 is 0. The van der Waals surface area contributed by atoms with Gasteiger partial charge in [-0.05, 0) is 20.3 Å². The van der Waals surface area contributed by atoms with Gasteiger partial charge in [-0.1, -0.05) is 32.6 Å². The molecule has 3 unspecified atom stereocenters. The first-order valence-electron chi connectivity index (χ1n) is 7.16. The van der Waals surface area contributed by atoms with Crippen LogP contribution in [0.1, 0.15) is 59.3 Å². The third kappa shape index (κ3) is 4.94. The molecule has 0 spiro atoms. The van der Waals surface area contributed by atoms with Gasteiger partial charge in [0, 0.05) is 25.6 Å². The van der Waals surface area contributed by atoms with Crippen LogP contribution in [0.25, 0.3) is 0 Å². The van der Waals surface area contributed by atoms with Crippen LogP contribution in [0.5, 0.6) is 0 Å². The van der Waals surface area contributed by atoms with Crippen molar-refractivity contribution in [3.8, 4) is 0 Å². The van der Waals surface area contributed by atoms with Crippen molar-refractivity contribution in [3.63, 3.8) is 0 Å².